The van der Waals surface area contributed by atoms with E-state index in [0.29, 0.717) is 6.07 Å². The molecule has 0 spiro atoms. The molecule has 0 aliphatic rings. The molecular weight excluding hydrogens is 262 g/mol. The summed E-state index contributed by atoms with van der Waals surface area (Å²) in [5, 5.41) is 8.61. The zero-order chi connectivity index (χ0) is 12.3. The number of hydrogen-bond acceptors (Lipinski definition) is 2. The molecule has 0 aliphatic carbocycles. The van der Waals surface area contributed by atoms with Crippen LogP contribution in [0.15, 0.2) is 18.2 Å². The molecule has 7 heteroatoms. The summed E-state index contributed by atoms with van der Waals surface area (Å²) in [7, 11) is 0. The Bertz CT molecular complexity index is 370. The summed E-state index contributed by atoms with van der Waals surface area (Å²) in [6.07, 6.45) is -4.61. The van der Waals surface area contributed by atoms with Gasteiger partial charge in [0.05, 0.1) is 5.56 Å². The standard InChI is InChI=1S/C10H11F4NO.ClH/c11-8-2-1-6(9(15)3-4-16)5-7(8)10(12,13)14;/h1-2,5,9,16H,3-4,15H2;1H. The molecule has 0 amide bonds. The number of nitrogens with two attached hydrogens (primary N) is 1. The minimum absolute atomic E-state index is 0. The van der Waals surface area contributed by atoms with Crippen molar-refractivity contribution in [3.05, 3.63) is 35.1 Å². The van der Waals surface area contributed by atoms with Gasteiger partial charge in [0.25, 0.3) is 0 Å². The molecule has 1 aromatic rings. The summed E-state index contributed by atoms with van der Waals surface area (Å²) in [5.41, 5.74) is 4.34. The van der Waals surface area contributed by atoms with Crippen molar-refractivity contribution >= 4 is 12.4 Å². The zero-order valence-corrected chi connectivity index (χ0v) is 9.48. The Hall–Kier alpha value is -0.850. The van der Waals surface area contributed by atoms with Crippen LogP contribution in [0.2, 0.25) is 0 Å². The number of aliphatic hydroxyl groups is 1. The van der Waals surface area contributed by atoms with Crippen molar-refractivity contribution in [2.75, 3.05) is 6.61 Å². The molecule has 1 aromatic carbocycles. The van der Waals surface area contributed by atoms with Crippen molar-refractivity contribution in [1.82, 2.24) is 0 Å². The van der Waals surface area contributed by atoms with Crippen LogP contribution >= 0.6 is 12.4 Å². The van der Waals surface area contributed by atoms with Crippen molar-refractivity contribution in [1.29, 1.82) is 0 Å². The minimum atomic E-state index is -4.74. The predicted molar refractivity (Wildman–Crippen MR) is 57.3 cm³/mol. The van der Waals surface area contributed by atoms with Gasteiger partial charge in [-0.1, -0.05) is 6.07 Å². The normalized spacial score (nSPS) is 13.1. The Labute approximate surface area is 102 Å². The molecule has 0 aromatic heterocycles. The van der Waals surface area contributed by atoms with E-state index in [-0.39, 0.29) is 31.0 Å². The van der Waals surface area contributed by atoms with Crippen LogP contribution in [0.3, 0.4) is 0 Å². The first-order valence-corrected chi connectivity index (χ1v) is 4.59. The quantitative estimate of drug-likeness (QED) is 0.832. The van der Waals surface area contributed by atoms with Gasteiger partial charge in [0, 0.05) is 12.6 Å². The van der Waals surface area contributed by atoms with Crippen LogP contribution in [0, 0.1) is 5.82 Å². The van der Waals surface area contributed by atoms with Gasteiger partial charge in [0.2, 0.25) is 0 Å². The highest BCUT2D eigenvalue weighted by Crippen LogP contribution is 2.33. The fourth-order valence-electron chi connectivity index (χ4n) is 1.30. The van der Waals surface area contributed by atoms with Gasteiger partial charge in [0.1, 0.15) is 5.82 Å². The first-order chi connectivity index (χ1) is 7.36. The Balaban J connectivity index is 0.00000256. The van der Waals surface area contributed by atoms with Crippen molar-refractivity contribution in [3.8, 4) is 0 Å². The molecule has 98 valence electrons. The Morgan fingerprint density at radius 1 is 1.29 bits per heavy atom. The maximum Gasteiger partial charge on any atom is 0.419 e. The summed E-state index contributed by atoms with van der Waals surface area (Å²) >= 11 is 0. The number of benzene rings is 1. The van der Waals surface area contributed by atoms with Crippen molar-refractivity contribution in [2.24, 2.45) is 5.73 Å². The highest BCUT2D eigenvalue weighted by atomic mass is 35.5. The molecule has 0 bridgehead atoms. The fourth-order valence-corrected chi connectivity index (χ4v) is 1.30. The third-order valence-corrected chi connectivity index (χ3v) is 2.16. The molecule has 1 rings (SSSR count). The topological polar surface area (TPSA) is 46.2 Å². The summed E-state index contributed by atoms with van der Waals surface area (Å²) in [5.74, 6) is -1.33. The van der Waals surface area contributed by atoms with Gasteiger partial charge in [-0.15, -0.1) is 12.4 Å². The molecule has 0 saturated heterocycles. The van der Waals surface area contributed by atoms with Gasteiger partial charge < -0.3 is 10.8 Å². The van der Waals surface area contributed by atoms with Crippen LogP contribution in [0.1, 0.15) is 23.6 Å². The van der Waals surface area contributed by atoms with E-state index in [1.165, 1.54) is 6.07 Å². The SMILES string of the molecule is Cl.NC(CCO)c1ccc(F)c(C(F)(F)F)c1. The maximum atomic E-state index is 12.9. The van der Waals surface area contributed by atoms with Gasteiger partial charge in [-0.05, 0) is 24.1 Å². The Morgan fingerprint density at radius 3 is 2.35 bits per heavy atom. The van der Waals surface area contributed by atoms with Crippen molar-refractivity contribution in [2.45, 2.75) is 18.6 Å². The van der Waals surface area contributed by atoms with Crippen LogP contribution in [0.4, 0.5) is 17.6 Å². The van der Waals surface area contributed by atoms with E-state index in [0.717, 1.165) is 6.07 Å². The van der Waals surface area contributed by atoms with E-state index in [1.54, 1.807) is 0 Å². The smallest absolute Gasteiger partial charge is 0.396 e. The first kappa shape index (κ1) is 16.1. The fraction of sp³-hybridized carbons (Fsp3) is 0.400. The Kier molecular flexibility index (Phi) is 5.87. The number of hydrogen-bond donors (Lipinski definition) is 2. The average molecular weight is 274 g/mol. The second-order valence-corrected chi connectivity index (χ2v) is 3.36. The highest BCUT2D eigenvalue weighted by Gasteiger charge is 2.34. The monoisotopic (exact) mass is 273 g/mol. The van der Waals surface area contributed by atoms with Crippen molar-refractivity contribution in [3.63, 3.8) is 0 Å². The molecular formula is C10H12ClF4NO. The third kappa shape index (κ3) is 4.14. The number of alkyl halides is 3. The van der Waals surface area contributed by atoms with E-state index in [1.807, 2.05) is 0 Å². The van der Waals surface area contributed by atoms with E-state index in [9.17, 15) is 17.6 Å². The molecule has 1 atom stereocenters. The molecule has 0 saturated carbocycles. The second kappa shape index (κ2) is 6.18. The second-order valence-electron chi connectivity index (χ2n) is 3.36. The Morgan fingerprint density at radius 2 is 1.88 bits per heavy atom. The summed E-state index contributed by atoms with van der Waals surface area (Å²) in [6.45, 7) is -0.236. The molecule has 17 heavy (non-hydrogen) atoms. The lowest BCUT2D eigenvalue weighted by Crippen LogP contribution is -2.15. The lowest BCUT2D eigenvalue weighted by atomic mass is 10.0. The summed E-state index contributed by atoms with van der Waals surface area (Å²) in [4.78, 5) is 0. The largest absolute Gasteiger partial charge is 0.419 e. The van der Waals surface area contributed by atoms with Crippen molar-refractivity contribution < 1.29 is 22.7 Å². The van der Waals surface area contributed by atoms with Gasteiger partial charge >= 0.3 is 6.18 Å². The average Bonchev–Trinajstić information content (AvgIpc) is 2.16. The summed E-state index contributed by atoms with van der Waals surface area (Å²) < 4.78 is 49.9. The van der Waals surface area contributed by atoms with E-state index in [2.05, 4.69) is 0 Å². The minimum Gasteiger partial charge on any atom is -0.396 e. The van der Waals surface area contributed by atoms with Gasteiger partial charge in [0.15, 0.2) is 0 Å². The van der Waals surface area contributed by atoms with E-state index < -0.39 is 23.6 Å². The molecule has 0 radical (unpaired) electrons. The third-order valence-electron chi connectivity index (χ3n) is 2.16. The van der Waals surface area contributed by atoms with E-state index in [4.69, 9.17) is 10.8 Å². The van der Waals surface area contributed by atoms with Crippen LogP contribution in [-0.4, -0.2) is 11.7 Å². The molecule has 1 unspecified atom stereocenters. The molecule has 0 heterocycles. The lowest BCUT2D eigenvalue weighted by molar-refractivity contribution is -0.140. The zero-order valence-electron chi connectivity index (χ0n) is 8.67. The maximum absolute atomic E-state index is 12.9. The lowest BCUT2D eigenvalue weighted by Gasteiger charge is -2.14. The number of halogens is 5. The van der Waals surface area contributed by atoms with Gasteiger partial charge in [-0.25, -0.2) is 4.39 Å². The predicted octanol–water partition coefficient (Wildman–Crippen LogP) is 2.65. The van der Waals surface area contributed by atoms with Crippen LogP contribution in [-0.2, 0) is 6.18 Å². The first-order valence-electron chi connectivity index (χ1n) is 4.59. The van der Waals surface area contributed by atoms with Crippen LogP contribution in [0.5, 0.6) is 0 Å². The molecule has 2 nitrogen and oxygen atoms in total. The molecule has 0 fully saturated rings. The van der Waals surface area contributed by atoms with E-state index >= 15 is 0 Å². The summed E-state index contributed by atoms with van der Waals surface area (Å²) in [6, 6.07) is 1.86. The number of aliphatic hydroxyl groups excluding tert-OH is 1. The van der Waals surface area contributed by atoms with Gasteiger partial charge in [-0.3, -0.25) is 0 Å². The molecule has 3 N–H and O–H groups in total. The van der Waals surface area contributed by atoms with Gasteiger partial charge in [-0.2, -0.15) is 13.2 Å². The number of rotatable bonds is 3. The van der Waals surface area contributed by atoms with Crippen LogP contribution in [0.25, 0.3) is 0 Å². The van der Waals surface area contributed by atoms with Crippen LogP contribution < -0.4 is 5.73 Å². The highest BCUT2D eigenvalue weighted by molar-refractivity contribution is 5.85. The molecule has 0 aliphatic heterocycles.